The van der Waals surface area contributed by atoms with Crippen LogP contribution in [0.4, 0.5) is 13.2 Å². The van der Waals surface area contributed by atoms with Crippen molar-refractivity contribution in [2.75, 3.05) is 7.05 Å². The molecule has 1 atom stereocenters. The number of benzene rings is 1. The first-order valence-corrected chi connectivity index (χ1v) is 4.97. The van der Waals surface area contributed by atoms with Gasteiger partial charge in [-0.1, -0.05) is 0 Å². The van der Waals surface area contributed by atoms with Crippen molar-refractivity contribution < 1.29 is 17.6 Å². The number of halogens is 3. The van der Waals surface area contributed by atoms with Crippen LogP contribution >= 0.6 is 0 Å². The Labute approximate surface area is 96.1 Å². The van der Waals surface area contributed by atoms with Crippen LogP contribution in [0.25, 0.3) is 0 Å². The van der Waals surface area contributed by atoms with Crippen molar-refractivity contribution in [3.63, 3.8) is 0 Å². The normalized spacial score (nSPS) is 12.7. The number of hydrogen-bond acceptors (Lipinski definition) is 2. The Balaban J connectivity index is 2.45. The Hall–Kier alpha value is -1.75. The maximum atomic E-state index is 13.1. The molecule has 2 aromatic rings. The van der Waals surface area contributed by atoms with Crippen molar-refractivity contribution in [2.45, 2.75) is 6.04 Å². The molecule has 0 saturated heterocycles. The van der Waals surface area contributed by atoms with E-state index in [0.717, 1.165) is 12.1 Å². The molecule has 0 aliphatic carbocycles. The minimum atomic E-state index is -1.46. The van der Waals surface area contributed by atoms with E-state index in [1.54, 1.807) is 13.1 Å². The average molecular weight is 241 g/mol. The van der Waals surface area contributed by atoms with Crippen LogP contribution in [-0.4, -0.2) is 7.05 Å². The topological polar surface area (TPSA) is 25.2 Å². The Bertz CT molecular complexity index is 487. The van der Waals surface area contributed by atoms with Crippen LogP contribution in [0, 0.1) is 17.5 Å². The van der Waals surface area contributed by atoms with E-state index in [1.165, 1.54) is 12.5 Å². The molecule has 1 unspecified atom stereocenters. The van der Waals surface area contributed by atoms with Gasteiger partial charge in [0.05, 0.1) is 18.6 Å². The first-order valence-electron chi connectivity index (χ1n) is 4.97. The minimum absolute atomic E-state index is 0.297. The molecule has 0 bridgehead atoms. The lowest BCUT2D eigenvalue weighted by Crippen LogP contribution is -2.17. The Morgan fingerprint density at radius 1 is 1.12 bits per heavy atom. The van der Waals surface area contributed by atoms with Gasteiger partial charge in [-0.25, -0.2) is 13.2 Å². The molecule has 1 N–H and O–H groups in total. The number of furan rings is 1. The smallest absolute Gasteiger partial charge is 0.194 e. The second-order valence-electron chi connectivity index (χ2n) is 3.58. The lowest BCUT2D eigenvalue weighted by atomic mass is 10.0. The molecule has 0 aliphatic heterocycles. The summed E-state index contributed by atoms with van der Waals surface area (Å²) in [6, 6.07) is 3.15. The predicted molar refractivity (Wildman–Crippen MR) is 55.9 cm³/mol. The van der Waals surface area contributed by atoms with Gasteiger partial charge in [0.15, 0.2) is 17.5 Å². The first kappa shape index (κ1) is 11.7. The second-order valence-corrected chi connectivity index (χ2v) is 3.58. The molecular formula is C12H10F3NO. The van der Waals surface area contributed by atoms with Crippen LogP contribution in [0.3, 0.4) is 0 Å². The summed E-state index contributed by atoms with van der Waals surface area (Å²) in [6.45, 7) is 0. The second kappa shape index (κ2) is 4.63. The van der Waals surface area contributed by atoms with Gasteiger partial charge in [0.1, 0.15) is 0 Å². The number of nitrogens with one attached hydrogen (secondary N) is 1. The third-order valence-electron chi connectivity index (χ3n) is 2.50. The van der Waals surface area contributed by atoms with Gasteiger partial charge in [0.2, 0.25) is 0 Å². The summed E-state index contributed by atoms with van der Waals surface area (Å²) in [4.78, 5) is 0. The summed E-state index contributed by atoms with van der Waals surface area (Å²) in [5, 5.41) is 2.88. The van der Waals surface area contributed by atoms with E-state index in [9.17, 15) is 13.2 Å². The van der Waals surface area contributed by atoms with Gasteiger partial charge < -0.3 is 9.73 Å². The molecule has 0 saturated carbocycles. The monoisotopic (exact) mass is 241 g/mol. The fourth-order valence-electron chi connectivity index (χ4n) is 1.71. The molecule has 0 aliphatic rings. The molecular weight excluding hydrogens is 231 g/mol. The van der Waals surface area contributed by atoms with E-state index < -0.39 is 23.5 Å². The zero-order valence-corrected chi connectivity index (χ0v) is 9.01. The number of hydrogen-bond donors (Lipinski definition) is 1. The highest BCUT2D eigenvalue weighted by Gasteiger charge is 2.18. The fourth-order valence-corrected chi connectivity index (χ4v) is 1.71. The quantitative estimate of drug-likeness (QED) is 0.835. The van der Waals surface area contributed by atoms with Crippen molar-refractivity contribution >= 4 is 0 Å². The van der Waals surface area contributed by atoms with E-state index in [1.807, 2.05) is 0 Å². The van der Waals surface area contributed by atoms with E-state index in [2.05, 4.69) is 5.32 Å². The predicted octanol–water partition coefficient (Wildman–Crippen LogP) is 3.01. The third-order valence-corrected chi connectivity index (χ3v) is 2.50. The lowest BCUT2D eigenvalue weighted by molar-refractivity contribution is 0.443. The van der Waals surface area contributed by atoms with Gasteiger partial charge >= 0.3 is 0 Å². The Kier molecular flexibility index (Phi) is 3.19. The van der Waals surface area contributed by atoms with E-state index in [-0.39, 0.29) is 0 Å². The molecule has 2 rings (SSSR count). The standard InChI is InChI=1S/C12H10F3NO/c1-16-12(7-2-3-17-6-7)8-4-9(13)11(15)10(14)5-8/h2-6,12,16H,1H3. The van der Waals surface area contributed by atoms with Crippen LogP contribution in [0.2, 0.25) is 0 Å². The molecule has 0 radical (unpaired) electrons. The van der Waals surface area contributed by atoms with Crippen molar-refractivity contribution in [3.05, 3.63) is 59.3 Å². The molecule has 17 heavy (non-hydrogen) atoms. The zero-order chi connectivity index (χ0) is 12.4. The minimum Gasteiger partial charge on any atom is -0.472 e. The molecule has 0 fully saturated rings. The van der Waals surface area contributed by atoms with E-state index in [0.29, 0.717) is 11.1 Å². The summed E-state index contributed by atoms with van der Waals surface area (Å²) < 4.78 is 44.0. The SMILES string of the molecule is CNC(c1ccoc1)c1cc(F)c(F)c(F)c1. The van der Waals surface area contributed by atoms with Gasteiger partial charge in [-0.15, -0.1) is 0 Å². The van der Waals surface area contributed by atoms with Crippen LogP contribution < -0.4 is 5.32 Å². The van der Waals surface area contributed by atoms with Crippen LogP contribution in [0.15, 0.2) is 35.1 Å². The van der Waals surface area contributed by atoms with Crippen LogP contribution in [0.5, 0.6) is 0 Å². The summed E-state index contributed by atoms with van der Waals surface area (Å²) in [5.41, 5.74) is 1.00. The highest BCUT2D eigenvalue weighted by Crippen LogP contribution is 2.25. The van der Waals surface area contributed by atoms with Crippen LogP contribution in [-0.2, 0) is 0 Å². The van der Waals surface area contributed by atoms with Crippen molar-refractivity contribution in [1.82, 2.24) is 5.32 Å². The van der Waals surface area contributed by atoms with Gasteiger partial charge in [-0.2, -0.15) is 0 Å². The highest BCUT2D eigenvalue weighted by atomic mass is 19.2. The van der Waals surface area contributed by atoms with Crippen molar-refractivity contribution in [2.24, 2.45) is 0 Å². The molecule has 0 spiro atoms. The molecule has 1 aromatic carbocycles. The fraction of sp³-hybridized carbons (Fsp3) is 0.167. The van der Waals surface area contributed by atoms with E-state index >= 15 is 0 Å². The maximum absolute atomic E-state index is 13.1. The Morgan fingerprint density at radius 2 is 1.76 bits per heavy atom. The van der Waals surface area contributed by atoms with Gasteiger partial charge in [0.25, 0.3) is 0 Å². The molecule has 0 amide bonds. The molecule has 90 valence electrons. The van der Waals surface area contributed by atoms with Gasteiger partial charge in [0, 0.05) is 5.56 Å². The van der Waals surface area contributed by atoms with Gasteiger partial charge in [-0.3, -0.25) is 0 Å². The number of rotatable bonds is 3. The van der Waals surface area contributed by atoms with E-state index in [4.69, 9.17) is 4.42 Å². The average Bonchev–Trinajstić information content (AvgIpc) is 2.80. The summed E-state index contributed by atoms with van der Waals surface area (Å²) in [5.74, 6) is -3.87. The lowest BCUT2D eigenvalue weighted by Gasteiger charge is -2.15. The molecule has 2 nitrogen and oxygen atoms in total. The largest absolute Gasteiger partial charge is 0.472 e. The molecule has 1 aromatic heterocycles. The van der Waals surface area contributed by atoms with Crippen molar-refractivity contribution in [1.29, 1.82) is 0 Å². The van der Waals surface area contributed by atoms with Gasteiger partial charge in [-0.05, 0) is 30.8 Å². The molecule has 5 heteroatoms. The first-order chi connectivity index (χ1) is 8.13. The molecule has 1 heterocycles. The highest BCUT2D eigenvalue weighted by molar-refractivity contribution is 5.30. The Morgan fingerprint density at radius 3 is 2.24 bits per heavy atom. The summed E-state index contributed by atoms with van der Waals surface area (Å²) in [6.07, 6.45) is 2.91. The maximum Gasteiger partial charge on any atom is 0.194 e. The summed E-state index contributed by atoms with van der Waals surface area (Å²) >= 11 is 0. The summed E-state index contributed by atoms with van der Waals surface area (Å²) in [7, 11) is 1.64. The zero-order valence-electron chi connectivity index (χ0n) is 9.01. The van der Waals surface area contributed by atoms with Crippen molar-refractivity contribution in [3.8, 4) is 0 Å². The van der Waals surface area contributed by atoms with Crippen LogP contribution in [0.1, 0.15) is 17.2 Å². The third kappa shape index (κ3) is 2.19.